The molecule has 110 valence electrons. The fourth-order valence-corrected chi connectivity index (χ4v) is 4.43. The van der Waals surface area contributed by atoms with Gasteiger partial charge in [-0.05, 0) is 26.0 Å². The van der Waals surface area contributed by atoms with E-state index in [9.17, 15) is 0 Å². The molecule has 3 aromatic rings. The van der Waals surface area contributed by atoms with Gasteiger partial charge in [-0.15, -0.1) is 0 Å². The Bertz CT molecular complexity index is 955. The molecule has 2 unspecified atom stereocenters. The fourth-order valence-electron chi connectivity index (χ4n) is 4.43. The molecule has 2 aliphatic rings. The largest absolute Gasteiger partial charge is 0.450 e. The highest BCUT2D eigenvalue weighted by atomic mass is 16.3. The Morgan fingerprint density at radius 2 is 1.91 bits per heavy atom. The molecule has 0 amide bonds. The number of quaternary nitrogens is 1. The first kappa shape index (κ1) is 12.3. The molecule has 3 atom stereocenters. The van der Waals surface area contributed by atoms with Gasteiger partial charge < -0.3 is 9.32 Å². The van der Waals surface area contributed by atoms with Gasteiger partial charge in [0.1, 0.15) is 11.8 Å². The number of fused-ring (bicyclic) bond motifs is 4. The molecule has 3 nitrogen and oxygen atoms in total. The molecule has 1 fully saturated rings. The normalized spacial score (nSPS) is 29.5. The van der Waals surface area contributed by atoms with Crippen molar-refractivity contribution >= 4 is 27.6 Å². The molecule has 0 bridgehead atoms. The topological polar surface area (TPSA) is 16.4 Å². The second-order valence-corrected chi connectivity index (χ2v) is 6.66. The maximum atomic E-state index is 6.28. The number of likely N-dealkylation sites (N-methyl/N-ethyl adjacent to an activating group) is 1. The van der Waals surface area contributed by atoms with Gasteiger partial charge in [0, 0.05) is 23.4 Å². The molecule has 0 radical (unpaired) electrons. The number of benzene rings is 2. The molecule has 0 N–H and O–H groups in total. The first-order valence-electron chi connectivity index (χ1n) is 7.85. The second-order valence-electron chi connectivity index (χ2n) is 6.66. The standard InChI is InChI=1S/C19H19N2O/c1-12-8-9-15-14-6-4-5-7-16(14)22-18(15)17(12)21-11-10-20(3)19(21)13(21)2/h4-11,13,19H,1-3H3/q+1/t13-,19?,21?/m1/s1. The Morgan fingerprint density at radius 3 is 2.68 bits per heavy atom. The van der Waals surface area contributed by atoms with E-state index >= 15 is 0 Å². The quantitative estimate of drug-likeness (QED) is 0.489. The van der Waals surface area contributed by atoms with Crippen LogP contribution in [0.4, 0.5) is 5.69 Å². The average molecular weight is 291 g/mol. The first-order chi connectivity index (χ1) is 10.6. The minimum absolute atomic E-state index is 0.512. The summed E-state index contributed by atoms with van der Waals surface area (Å²) in [5, 5.41) is 2.43. The lowest BCUT2D eigenvalue weighted by Crippen LogP contribution is -2.24. The molecule has 22 heavy (non-hydrogen) atoms. The molecule has 5 rings (SSSR count). The van der Waals surface area contributed by atoms with Gasteiger partial charge in [-0.25, -0.2) is 4.48 Å². The van der Waals surface area contributed by atoms with Crippen LogP contribution in [0.15, 0.2) is 53.2 Å². The summed E-state index contributed by atoms with van der Waals surface area (Å²) in [4.78, 5) is 2.32. The summed E-state index contributed by atoms with van der Waals surface area (Å²) in [6, 6.07) is 13.3. The van der Waals surface area contributed by atoms with E-state index in [0.29, 0.717) is 12.2 Å². The number of rotatable bonds is 1. The van der Waals surface area contributed by atoms with Crippen molar-refractivity contribution in [1.29, 1.82) is 0 Å². The maximum absolute atomic E-state index is 6.28. The van der Waals surface area contributed by atoms with E-state index in [-0.39, 0.29) is 0 Å². The maximum Gasteiger partial charge on any atom is 0.227 e. The lowest BCUT2D eigenvalue weighted by Gasteiger charge is -2.15. The summed E-state index contributed by atoms with van der Waals surface area (Å²) >= 11 is 0. The van der Waals surface area contributed by atoms with Crippen LogP contribution < -0.4 is 4.48 Å². The summed E-state index contributed by atoms with van der Waals surface area (Å²) in [7, 11) is 2.17. The first-order valence-corrected chi connectivity index (χ1v) is 7.85. The number of hydrogen-bond acceptors (Lipinski definition) is 2. The zero-order chi connectivity index (χ0) is 15.1. The predicted molar refractivity (Wildman–Crippen MR) is 90.4 cm³/mol. The van der Waals surface area contributed by atoms with Crippen molar-refractivity contribution in [3.8, 4) is 0 Å². The number of furan rings is 1. The second kappa shape index (κ2) is 3.73. The van der Waals surface area contributed by atoms with Crippen molar-refractivity contribution in [2.24, 2.45) is 0 Å². The van der Waals surface area contributed by atoms with Crippen LogP contribution in [-0.2, 0) is 0 Å². The SMILES string of the molecule is Cc1ccc2c(oc3ccccc32)c1[N+]12C=CN(C)C1[C@H]2C. The summed E-state index contributed by atoms with van der Waals surface area (Å²) < 4.78 is 7.19. The van der Waals surface area contributed by atoms with Gasteiger partial charge in [0.05, 0.1) is 6.20 Å². The monoisotopic (exact) mass is 291 g/mol. The van der Waals surface area contributed by atoms with Crippen molar-refractivity contribution in [2.75, 3.05) is 7.05 Å². The highest BCUT2D eigenvalue weighted by Crippen LogP contribution is 2.55. The van der Waals surface area contributed by atoms with Crippen LogP contribution >= 0.6 is 0 Å². The molecule has 1 saturated heterocycles. The zero-order valence-electron chi connectivity index (χ0n) is 13.1. The van der Waals surface area contributed by atoms with Crippen molar-refractivity contribution in [1.82, 2.24) is 9.38 Å². The van der Waals surface area contributed by atoms with E-state index in [2.05, 4.69) is 68.5 Å². The highest BCUT2D eigenvalue weighted by molar-refractivity contribution is 6.09. The Labute approximate surface area is 129 Å². The third kappa shape index (κ3) is 1.22. The van der Waals surface area contributed by atoms with Crippen molar-refractivity contribution < 1.29 is 4.42 Å². The lowest BCUT2D eigenvalue weighted by molar-refractivity contribution is 0.420. The molecule has 0 aliphatic carbocycles. The Kier molecular flexibility index (Phi) is 2.09. The van der Waals surface area contributed by atoms with Gasteiger partial charge in [0.15, 0.2) is 17.3 Å². The fraction of sp³-hybridized carbons (Fsp3) is 0.263. The van der Waals surface area contributed by atoms with E-state index in [1.807, 2.05) is 6.07 Å². The molecule has 3 heteroatoms. The van der Waals surface area contributed by atoms with E-state index in [4.69, 9.17) is 4.42 Å². The lowest BCUT2D eigenvalue weighted by atomic mass is 10.1. The van der Waals surface area contributed by atoms with Crippen molar-refractivity contribution in [3.05, 3.63) is 54.4 Å². The van der Waals surface area contributed by atoms with Crippen LogP contribution in [0.5, 0.6) is 0 Å². The number of nitrogens with zero attached hydrogens (tertiary/aromatic N) is 2. The molecule has 2 aromatic carbocycles. The van der Waals surface area contributed by atoms with Crippen LogP contribution in [0.3, 0.4) is 0 Å². The summed E-state index contributed by atoms with van der Waals surface area (Å²) in [6.07, 6.45) is 5.04. The predicted octanol–water partition coefficient (Wildman–Crippen LogP) is 4.35. The smallest absolute Gasteiger partial charge is 0.227 e. The third-order valence-electron chi connectivity index (χ3n) is 5.53. The summed E-state index contributed by atoms with van der Waals surface area (Å²) in [5.74, 6) is 0. The highest BCUT2D eigenvalue weighted by Gasteiger charge is 2.70. The van der Waals surface area contributed by atoms with Crippen molar-refractivity contribution in [2.45, 2.75) is 26.1 Å². The van der Waals surface area contributed by atoms with Gasteiger partial charge in [-0.1, -0.05) is 24.3 Å². The van der Waals surface area contributed by atoms with E-state index in [1.54, 1.807) is 0 Å². The average Bonchev–Trinajstić information content (AvgIpc) is 2.83. The molecule has 2 aliphatic heterocycles. The molecular weight excluding hydrogens is 272 g/mol. The third-order valence-corrected chi connectivity index (χ3v) is 5.53. The van der Waals surface area contributed by atoms with Crippen molar-refractivity contribution in [3.63, 3.8) is 0 Å². The number of aryl methyl sites for hydroxylation is 1. The van der Waals surface area contributed by atoms with Crippen LogP contribution in [0.2, 0.25) is 0 Å². The Morgan fingerprint density at radius 1 is 1.09 bits per heavy atom. The summed E-state index contributed by atoms with van der Waals surface area (Å²) in [6.45, 7) is 4.52. The minimum Gasteiger partial charge on any atom is -0.450 e. The molecule has 3 heterocycles. The zero-order valence-corrected chi connectivity index (χ0v) is 13.1. The van der Waals surface area contributed by atoms with Gasteiger partial charge in [-0.2, -0.15) is 0 Å². The Balaban J connectivity index is 1.88. The number of hydrogen-bond donors (Lipinski definition) is 0. The van der Waals surface area contributed by atoms with Gasteiger partial charge in [-0.3, -0.25) is 0 Å². The molecule has 1 aromatic heterocycles. The van der Waals surface area contributed by atoms with E-state index < -0.39 is 0 Å². The van der Waals surface area contributed by atoms with Gasteiger partial charge in [0.25, 0.3) is 0 Å². The number of para-hydroxylation sites is 1. The van der Waals surface area contributed by atoms with E-state index in [1.165, 1.54) is 22.0 Å². The Hall–Kier alpha value is -2.26. The molecule has 0 spiro atoms. The summed E-state index contributed by atoms with van der Waals surface area (Å²) in [5.41, 5.74) is 4.66. The van der Waals surface area contributed by atoms with Crippen LogP contribution in [0.1, 0.15) is 12.5 Å². The van der Waals surface area contributed by atoms with Crippen LogP contribution in [0, 0.1) is 6.92 Å². The molecule has 0 saturated carbocycles. The van der Waals surface area contributed by atoms with Crippen LogP contribution in [-0.4, -0.2) is 24.2 Å². The van der Waals surface area contributed by atoms with Gasteiger partial charge >= 0.3 is 0 Å². The minimum atomic E-state index is 0.512. The van der Waals surface area contributed by atoms with E-state index in [0.717, 1.165) is 15.6 Å². The van der Waals surface area contributed by atoms with Gasteiger partial charge in [0.2, 0.25) is 6.17 Å². The van der Waals surface area contributed by atoms with Crippen LogP contribution in [0.25, 0.3) is 21.9 Å². The molecular formula is C19H19N2O+.